The molecule has 0 atom stereocenters. The number of aromatic nitrogens is 2. The first-order chi connectivity index (χ1) is 20.3. The predicted octanol–water partition coefficient (Wildman–Crippen LogP) is 6.57. The molecular weight excluding hydrogens is 542 g/mol. The molecule has 0 spiro atoms. The molecule has 5 aromatic rings. The van der Waals surface area contributed by atoms with Crippen molar-refractivity contribution in [3.05, 3.63) is 95.3 Å². The summed E-state index contributed by atoms with van der Waals surface area (Å²) in [7, 11) is 2.89. The van der Waals surface area contributed by atoms with Gasteiger partial charge in [-0.2, -0.15) is 0 Å². The summed E-state index contributed by atoms with van der Waals surface area (Å²) in [4.78, 5) is 36.8. The van der Waals surface area contributed by atoms with Gasteiger partial charge in [0.2, 0.25) is 5.95 Å². The van der Waals surface area contributed by atoms with Gasteiger partial charge < -0.3 is 14.5 Å². The van der Waals surface area contributed by atoms with Crippen LogP contribution in [0.25, 0.3) is 33.4 Å². The maximum atomic E-state index is 16.5. The minimum atomic E-state index is -0.702. The topological polar surface area (TPSA) is 97.6 Å². The highest BCUT2D eigenvalue weighted by Gasteiger charge is 2.28. The van der Waals surface area contributed by atoms with Crippen LogP contribution in [0, 0.1) is 18.6 Å². The molecule has 2 amide bonds. The van der Waals surface area contributed by atoms with E-state index in [1.54, 1.807) is 43.6 Å². The number of furan rings is 1. The number of nitrogens with one attached hydrogen (secondary N) is 1. The van der Waals surface area contributed by atoms with Crippen LogP contribution in [0.1, 0.15) is 39.6 Å². The van der Waals surface area contributed by atoms with Crippen LogP contribution < -0.4 is 15.0 Å². The van der Waals surface area contributed by atoms with Crippen molar-refractivity contribution in [1.82, 2.24) is 15.3 Å². The molecule has 2 aromatic heterocycles. The molecule has 8 nitrogen and oxygen atoms in total. The van der Waals surface area contributed by atoms with Crippen LogP contribution in [0.2, 0.25) is 0 Å². The lowest BCUT2D eigenvalue weighted by atomic mass is 9.94. The Morgan fingerprint density at radius 2 is 1.74 bits per heavy atom. The summed E-state index contributed by atoms with van der Waals surface area (Å²) in [5.41, 5.74) is 1.97. The number of amides is 2. The molecule has 0 aliphatic rings. The van der Waals surface area contributed by atoms with Crippen molar-refractivity contribution in [3.8, 4) is 28.2 Å². The molecule has 3 aromatic carbocycles. The molecule has 0 saturated carbocycles. The monoisotopic (exact) mass is 570 g/mol. The highest BCUT2D eigenvalue weighted by atomic mass is 19.1. The zero-order chi connectivity index (χ0) is 30.0. The molecule has 0 bridgehead atoms. The van der Waals surface area contributed by atoms with Crippen molar-refractivity contribution in [2.75, 3.05) is 25.6 Å². The third-order valence-corrected chi connectivity index (χ3v) is 6.91. The predicted molar refractivity (Wildman–Crippen MR) is 156 cm³/mol. The van der Waals surface area contributed by atoms with Crippen molar-refractivity contribution in [3.63, 3.8) is 0 Å². The Morgan fingerprint density at radius 3 is 2.38 bits per heavy atom. The molecule has 5 rings (SSSR count). The van der Waals surface area contributed by atoms with Crippen molar-refractivity contribution < 1.29 is 27.5 Å². The molecular formula is C32H28F2N4O4. The average Bonchev–Trinajstić information content (AvgIpc) is 3.41. The SMILES string of the molecule is CCCN(C(=O)c1cc(-c2ccc3oc(-c4ccc(F)cc4)c(C(=O)NC)c3c2F)c(C)cc1OC)c1ncccn1. The second-order valence-corrected chi connectivity index (χ2v) is 9.57. The second kappa shape index (κ2) is 11.8. The fourth-order valence-electron chi connectivity index (χ4n) is 4.90. The maximum Gasteiger partial charge on any atom is 0.264 e. The molecule has 2 heterocycles. The molecule has 0 aliphatic carbocycles. The Bertz CT molecular complexity index is 1790. The Labute approximate surface area is 241 Å². The van der Waals surface area contributed by atoms with Gasteiger partial charge >= 0.3 is 0 Å². The van der Waals surface area contributed by atoms with E-state index in [4.69, 9.17) is 9.15 Å². The van der Waals surface area contributed by atoms with Gasteiger partial charge in [-0.3, -0.25) is 14.5 Å². The molecule has 0 radical (unpaired) electrons. The van der Waals surface area contributed by atoms with Gasteiger partial charge in [-0.1, -0.05) is 6.92 Å². The summed E-state index contributed by atoms with van der Waals surface area (Å²) in [6.07, 6.45) is 3.75. The largest absolute Gasteiger partial charge is 0.496 e. The Hall–Kier alpha value is -5.12. The molecule has 0 saturated heterocycles. The zero-order valence-electron chi connectivity index (χ0n) is 23.5. The van der Waals surface area contributed by atoms with E-state index in [1.807, 2.05) is 6.92 Å². The summed E-state index contributed by atoms with van der Waals surface area (Å²) in [6.45, 7) is 4.06. The fourth-order valence-corrected chi connectivity index (χ4v) is 4.90. The quantitative estimate of drug-likeness (QED) is 0.227. The number of carbonyl (C=O) groups is 2. The minimum Gasteiger partial charge on any atom is -0.496 e. The van der Waals surface area contributed by atoms with Crippen LogP contribution in [0.5, 0.6) is 5.75 Å². The lowest BCUT2D eigenvalue weighted by Crippen LogP contribution is -2.33. The summed E-state index contributed by atoms with van der Waals surface area (Å²) in [6, 6.07) is 13.4. The van der Waals surface area contributed by atoms with E-state index in [2.05, 4.69) is 15.3 Å². The second-order valence-electron chi connectivity index (χ2n) is 9.57. The number of methoxy groups -OCH3 is 1. The number of rotatable bonds is 8. The number of aryl methyl sites for hydroxylation is 1. The number of hydrogen-bond acceptors (Lipinski definition) is 6. The Morgan fingerprint density at radius 1 is 1.02 bits per heavy atom. The average molecular weight is 571 g/mol. The fraction of sp³-hybridized carbons (Fsp3) is 0.188. The van der Waals surface area contributed by atoms with Crippen LogP contribution >= 0.6 is 0 Å². The van der Waals surface area contributed by atoms with Gasteiger partial charge in [-0.15, -0.1) is 0 Å². The molecule has 214 valence electrons. The zero-order valence-corrected chi connectivity index (χ0v) is 23.5. The highest BCUT2D eigenvalue weighted by molar-refractivity contribution is 6.12. The minimum absolute atomic E-state index is 0.0173. The van der Waals surface area contributed by atoms with Gasteiger partial charge in [0, 0.05) is 37.1 Å². The first-order valence-corrected chi connectivity index (χ1v) is 13.3. The van der Waals surface area contributed by atoms with E-state index < -0.39 is 23.4 Å². The van der Waals surface area contributed by atoms with Gasteiger partial charge in [-0.25, -0.2) is 18.7 Å². The smallest absolute Gasteiger partial charge is 0.264 e. The number of nitrogens with zero attached hydrogens (tertiary/aromatic N) is 3. The number of carbonyl (C=O) groups excluding carboxylic acids is 2. The third-order valence-electron chi connectivity index (χ3n) is 6.91. The van der Waals surface area contributed by atoms with Crippen LogP contribution in [-0.2, 0) is 0 Å². The van der Waals surface area contributed by atoms with Crippen molar-refractivity contribution in [1.29, 1.82) is 0 Å². The van der Waals surface area contributed by atoms with Crippen molar-refractivity contribution in [2.24, 2.45) is 0 Å². The van der Waals surface area contributed by atoms with Crippen molar-refractivity contribution >= 4 is 28.7 Å². The van der Waals surface area contributed by atoms with E-state index in [-0.39, 0.29) is 39.4 Å². The van der Waals surface area contributed by atoms with Crippen LogP contribution in [0.4, 0.5) is 14.7 Å². The van der Waals surface area contributed by atoms with E-state index in [0.29, 0.717) is 35.4 Å². The van der Waals surface area contributed by atoms with Gasteiger partial charge in [0.05, 0.1) is 23.6 Å². The van der Waals surface area contributed by atoms with Gasteiger partial charge in [0.1, 0.15) is 28.7 Å². The van der Waals surface area contributed by atoms with Gasteiger partial charge in [0.25, 0.3) is 11.8 Å². The summed E-state index contributed by atoms with van der Waals surface area (Å²) < 4.78 is 41.6. The van der Waals surface area contributed by atoms with Gasteiger partial charge in [0.15, 0.2) is 0 Å². The third kappa shape index (κ3) is 5.07. The number of benzene rings is 3. The van der Waals surface area contributed by atoms with Crippen molar-refractivity contribution in [2.45, 2.75) is 20.3 Å². The summed E-state index contributed by atoms with van der Waals surface area (Å²) in [5.74, 6) is -1.47. The lowest BCUT2D eigenvalue weighted by Gasteiger charge is -2.22. The van der Waals surface area contributed by atoms with Crippen LogP contribution in [0.3, 0.4) is 0 Å². The Balaban J connectivity index is 1.70. The van der Waals surface area contributed by atoms with E-state index >= 15 is 4.39 Å². The summed E-state index contributed by atoms with van der Waals surface area (Å²) >= 11 is 0. The highest BCUT2D eigenvalue weighted by Crippen LogP contribution is 2.40. The molecule has 0 fully saturated rings. The van der Waals surface area contributed by atoms with E-state index in [0.717, 1.165) is 0 Å². The number of fused-ring (bicyclic) bond motifs is 1. The van der Waals surface area contributed by atoms with E-state index in [9.17, 15) is 14.0 Å². The van der Waals surface area contributed by atoms with E-state index in [1.165, 1.54) is 49.4 Å². The first-order valence-electron chi connectivity index (χ1n) is 13.3. The molecule has 10 heteroatoms. The number of ether oxygens (including phenoxy) is 1. The maximum absolute atomic E-state index is 16.5. The van der Waals surface area contributed by atoms with Crippen LogP contribution in [-0.4, -0.2) is 42.5 Å². The molecule has 0 unspecified atom stereocenters. The Kier molecular flexibility index (Phi) is 7.97. The number of hydrogen-bond donors (Lipinski definition) is 1. The normalized spacial score (nSPS) is 11.0. The lowest BCUT2D eigenvalue weighted by molar-refractivity contribution is 0.0961. The standard InChI is InChI=1S/C32H28F2N4O4/c1-5-15-38(32-36-13-6-14-37-32)31(40)23-17-22(18(2)16-25(23)41-4)21-11-12-24-26(28(21)34)27(30(39)35-3)29(42-24)19-7-9-20(33)10-8-19/h6-14,16-17H,5,15H2,1-4H3,(H,35,39). The van der Waals surface area contributed by atoms with Gasteiger partial charge in [-0.05, 0) is 79.1 Å². The first kappa shape index (κ1) is 28.4. The molecule has 1 N–H and O–H groups in total. The number of halogens is 2. The summed E-state index contributed by atoms with van der Waals surface area (Å²) in [5, 5.41) is 2.51. The number of anilines is 1. The molecule has 0 aliphatic heterocycles. The molecule has 42 heavy (non-hydrogen) atoms. The van der Waals surface area contributed by atoms with Crippen LogP contribution in [0.15, 0.2) is 71.4 Å².